The van der Waals surface area contributed by atoms with Crippen LogP contribution < -0.4 is 0 Å². The van der Waals surface area contributed by atoms with Crippen molar-refractivity contribution in [3.63, 3.8) is 0 Å². The summed E-state index contributed by atoms with van der Waals surface area (Å²) >= 11 is 7.35. The lowest BCUT2D eigenvalue weighted by Crippen LogP contribution is -2.42. The van der Waals surface area contributed by atoms with Crippen LogP contribution in [0.4, 0.5) is 0 Å². The van der Waals surface area contributed by atoms with Gasteiger partial charge in [-0.3, -0.25) is 0 Å². The molecule has 1 N–H and O–H groups in total. The lowest BCUT2D eigenvalue weighted by molar-refractivity contribution is -0.120. The Balaban J connectivity index is 2.29. The first kappa shape index (κ1) is 11.4. The summed E-state index contributed by atoms with van der Waals surface area (Å²) in [6.45, 7) is 0. The van der Waals surface area contributed by atoms with E-state index in [0.717, 1.165) is 34.9 Å². The predicted molar refractivity (Wildman–Crippen MR) is 62.5 cm³/mol. The number of methoxy groups -OCH3 is 1. The first-order valence-corrected chi connectivity index (χ1v) is 6.37. The van der Waals surface area contributed by atoms with Crippen LogP contribution in [-0.4, -0.2) is 18.3 Å². The minimum atomic E-state index is -0.829. The molecule has 0 saturated heterocycles. The molecule has 1 aromatic heterocycles. The normalized spacial score (nSPS) is 31.8. The van der Waals surface area contributed by atoms with Crippen LogP contribution in [0.25, 0.3) is 0 Å². The maximum absolute atomic E-state index is 10.6. The minimum absolute atomic E-state index is 0.0963. The van der Waals surface area contributed by atoms with Crippen LogP contribution in [0.3, 0.4) is 0 Å². The first-order valence-electron chi connectivity index (χ1n) is 5.18. The number of hydrogen-bond acceptors (Lipinski definition) is 3. The maximum Gasteiger partial charge on any atom is 0.125 e. The van der Waals surface area contributed by atoms with Gasteiger partial charge < -0.3 is 9.84 Å². The molecule has 0 radical (unpaired) electrons. The van der Waals surface area contributed by atoms with E-state index >= 15 is 0 Å². The third-order valence-corrected chi connectivity index (χ3v) is 4.49. The molecular formula is C11H15ClO2S. The van der Waals surface area contributed by atoms with Gasteiger partial charge in [-0.1, -0.05) is 24.4 Å². The number of halogens is 1. The molecule has 2 rings (SSSR count). The van der Waals surface area contributed by atoms with Crippen molar-refractivity contribution < 1.29 is 9.84 Å². The second-order valence-electron chi connectivity index (χ2n) is 4.00. The minimum Gasteiger partial charge on any atom is -0.382 e. The highest BCUT2D eigenvalue weighted by atomic mass is 35.5. The van der Waals surface area contributed by atoms with Crippen molar-refractivity contribution in [2.24, 2.45) is 0 Å². The Kier molecular flexibility index (Phi) is 3.36. The van der Waals surface area contributed by atoms with Gasteiger partial charge in [0, 0.05) is 12.0 Å². The van der Waals surface area contributed by atoms with E-state index in [0.29, 0.717) is 0 Å². The van der Waals surface area contributed by atoms with Gasteiger partial charge in [0.2, 0.25) is 0 Å². The van der Waals surface area contributed by atoms with Crippen molar-refractivity contribution in [3.05, 3.63) is 21.3 Å². The molecule has 1 aliphatic carbocycles. The topological polar surface area (TPSA) is 29.5 Å². The third kappa shape index (κ3) is 2.07. The molecule has 2 atom stereocenters. The van der Waals surface area contributed by atoms with Crippen molar-refractivity contribution in [1.82, 2.24) is 0 Å². The second kappa shape index (κ2) is 4.42. The summed E-state index contributed by atoms with van der Waals surface area (Å²) in [5.41, 5.74) is -0.829. The molecule has 1 aliphatic rings. The van der Waals surface area contributed by atoms with Crippen molar-refractivity contribution >= 4 is 22.9 Å². The molecule has 1 fully saturated rings. The zero-order valence-electron chi connectivity index (χ0n) is 8.70. The predicted octanol–water partition coefficient (Wildman–Crippen LogP) is 3.18. The van der Waals surface area contributed by atoms with E-state index < -0.39 is 5.60 Å². The molecule has 2 unspecified atom stereocenters. The zero-order chi connectivity index (χ0) is 10.9. The van der Waals surface area contributed by atoms with E-state index in [4.69, 9.17) is 16.3 Å². The molecule has 0 bridgehead atoms. The third-order valence-electron chi connectivity index (χ3n) is 3.09. The van der Waals surface area contributed by atoms with Crippen molar-refractivity contribution in [1.29, 1.82) is 0 Å². The first-order chi connectivity index (χ1) is 7.16. The van der Waals surface area contributed by atoms with E-state index in [1.54, 1.807) is 7.11 Å². The molecule has 0 spiro atoms. The molecule has 2 nitrogen and oxygen atoms in total. The molecular weight excluding hydrogens is 232 g/mol. The summed E-state index contributed by atoms with van der Waals surface area (Å²) in [6.07, 6.45) is 3.76. The SMILES string of the molecule is COC1CCCCC1(O)c1ccc(Cl)s1. The highest BCUT2D eigenvalue weighted by Gasteiger charge is 2.41. The molecule has 84 valence electrons. The van der Waals surface area contributed by atoms with Crippen molar-refractivity contribution in [3.8, 4) is 0 Å². The molecule has 15 heavy (non-hydrogen) atoms. The van der Waals surface area contributed by atoms with Crippen molar-refractivity contribution in [2.45, 2.75) is 37.4 Å². The number of ether oxygens (including phenoxy) is 1. The van der Waals surface area contributed by atoms with Gasteiger partial charge in [0.1, 0.15) is 5.60 Å². The smallest absolute Gasteiger partial charge is 0.125 e. The monoisotopic (exact) mass is 246 g/mol. The van der Waals surface area contributed by atoms with E-state index in [1.165, 1.54) is 11.3 Å². The van der Waals surface area contributed by atoms with Gasteiger partial charge in [0.15, 0.2) is 0 Å². The lowest BCUT2D eigenvalue weighted by Gasteiger charge is -2.38. The molecule has 0 amide bonds. The molecule has 1 aromatic rings. The number of rotatable bonds is 2. The Morgan fingerprint density at radius 1 is 1.53 bits per heavy atom. The van der Waals surface area contributed by atoms with Crippen LogP contribution in [0.2, 0.25) is 4.34 Å². The summed E-state index contributed by atoms with van der Waals surface area (Å²) in [5, 5.41) is 10.6. The van der Waals surface area contributed by atoms with Gasteiger partial charge in [0.05, 0.1) is 10.4 Å². The highest BCUT2D eigenvalue weighted by molar-refractivity contribution is 7.16. The van der Waals surface area contributed by atoms with Crippen LogP contribution in [0.1, 0.15) is 30.6 Å². The molecule has 4 heteroatoms. The van der Waals surface area contributed by atoms with Crippen LogP contribution in [0.5, 0.6) is 0 Å². The number of thiophene rings is 1. The summed E-state index contributed by atoms with van der Waals surface area (Å²) in [5.74, 6) is 0. The van der Waals surface area contributed by atoms with E-state index in [9.17, 15) is 5.11 Å². The molecule has 1 saturated carbocycles. The van der Waals surface area contributed by atoms with Gasteiger partial charge in [-0.15, -0.1) is 11.3 Å². The van der Waals surface area contributed by atoms with Gasteiger partial charge in [-0.2, -0.15) is 0 Å². The number of aliphatic hydroxyl groups is 1. The average molecular weight is 247 g/mol. The van der Waals surface area contributed by atoms with E-state index in [2.05, 4.69) is 0 Å². The van der Waals surface area contributed by atoms with E-state index in [-0.39, 0.29) is 6.10 Å². The fraction of sp³-hybridized carbons (Fsp3) is 0.636. The van der Waals surface area contributed by atoms with Crippen LogP contribution in [-0.2, 0) is 10.3 Å². The fourth-order valence-electron chi connectivity index (χ4n) is 2.27. The van der Waals surface area contributed by atoms with Crippen molar-refractivity contribution in [2.75, 3.05) is 7.11 Å². The van der Waals surface area contributed by atoms with Gasteiger partial charge >= 0.3 is 0 Å². The Labute approximate surface area is 98.8 Å². The zero-order valence-corrected chi connectivity index (χ0v) is 10.3. The fourth-order valence-corrected chi connectivity index (χ4v) is 3.47. The quantitative estimate of drug-likeness (QED) is 0.869. The second-order valence-corrected chi connectivity index (χ2v) is 5.71. The Morgan fingerprint density at radius 3 is 2.93 bits per heavy atom. The average Bonchev–Trinajstić information content (AvgIpc) is 2.66. The summed E-state index contributed by atoms with van der Waals surface area (Å²) < 4.78 is 6.11. The van der Waals surface area contributed by atoms with Gasteiger partial charge in [0.25, 0.3) is 0 Å². The summed E-state index contributed by atoms with van der Waals surface area (Å²) in [6, 6.07) is 3.74. The van der Waals surface area contributed by atoms with Crippen LogP contribution >= 0.6 is 22.9 Å². The summed E-state index contributed by atoms with van der Waals surface area (Å²) in [7, 11) is 1.66. The van der Waals surface area contributed by atoms with Gasteiger partial charge in [-0.25, -0.2) is 0 Å². The summed E-state index contributed by atoms with van der Waals surface area (Å²) in [4.78, 5) is 0.930. The number of hydrogen-bond donors (Lipinski definition) is 1. The maximum atomic E-state index is 10.6. The van der Waals surface area contributed by atoms with E-state index in [1.807, 2.05) is 12.1 Å². The molecule has 0 aliphatic heterocycles. The lowest BCUT2D eigenvalue weighted by atomic mass is 9.81. The molecule has 0 aromatic carbocycles. The Hall–Kier alpha value is -0.0900. The molecule has 1 heterocycles. The standard InChI is InChI=1S/C11H15ClO2S/c1-14-8-4-2-3-7-11(8,13)9-5-6-10(12)15-9/h5-6,8,13H,2-4,7H2,1H3. The highest BCUT2D eigenvalue weighted by Crippen LogP contribution is 2.42. The van der Waals surface area contributed by atoms with Crippen LogP contribution in [0.15, 0.2) is 12.1 Å². The largest absolute Gasteiger partial charge is 0.382 e. The Bertz CT molecular complexity index is 339. The van der Waals surface area contributed by atoms with Gasteiger partial charge in [-0.05, 0) is 25.0 Å². The Morgan fingerprint density at radius 2 is 2.33 bits per heavy atom. The van der Waals surface area contributed by atoms with Crippen LogP contribution in [0, 0.1) is 0 Å².